The summed E-state index contributed by atoms with van der Waals surface area (Å²) in [4.78, 5) is 30.4. The molecule has 2 fully saturated rings. The summed E-state index contributed by atoms with van der Waals surface area (Å²) >= 11 is 1.46. The van der Waals surface area contributed by atoms with Crippen LogP contribution < -0.4 is 0 Å². The first-order valence-corrected chi connectivity index (χ1v) is 10.5. The molecule has 2 aliphatic heterocycles. The molecule has 4 heterocycles. The van der Waals surface area contributed by atoms with Crippen LogP contribution in [0.15, 0.2) is 23.8 Å². The average Bonchev–Trinajstić information content (AvgIpc) is 3.39. The first-order valence-electron chi connectivity index (χ1n) is 9.59. The van der Waals surface area contributed by atoms with Crippen molar-refractivity contribution in [2.75, 3.05) is 26.2 Å². The Hall–Kier alpha value is -2.22. The summed E-state index contributed by atoms with van der Waals surface area (Å²) in [6.07, 6.45) is 5.47. The molecule has 2 aromatic rings. The quantitative estimate of drug-likeness (QED) is 0.809. The van der Waals surface area contributed by atoms with Crippen LogP contribution >= 0.6 is 11.3 Å². The number of piperidine rings is 2. The fourth-order valence-electron chi connectivity index (χ4n) is 4.23. The number of aryl methyl sites for hydroxylation is 1. The third-order valence-electron chi connectivity index (χ3n) is 5.63. The zero-order chi connectivity index (χ0) is 18.8. The molecular weight excluding hydrogens is 362 g/mol. The Morgan fingerprint density at radius 2 is 1.96 bits per heavy atom. The molecule has 0 bridgehead atoms. The number of carbonyl (C=O) groups excluding carboxylic acids is 2. The van der Waals surface area contributed by atoms with Gasteiger partial charge in [-0.2, -0.15) is 0 Å². The highest BCUT2D eigenvalue weighted by Gasteiger charge is 2.34. The molecule has 0 N–H and O–H groups in total. The Labute approximate surface area is 163 Å². The van der Waals surface area contributed by atoms with Gasteiger partial charge in [-0.05, 0) is 37.1 Å². The van der Waals surface area contributed by atoms with E-state index in [1.807, 2.05) is 38.9 Å². The highest BCUT2D eigenvalue weighted by Crippen LogP contribution is 2.28. The van der Waals surface area contributed by atoms with E-state index in [0.29, 0.717) is 13.1 Å². The molecule has 7 nitrogen and oxygen atoms in total. The second-order valence-corrected chi connectivity index (χ2v) is 8.44. The van der Waals surface area contributed by atoms with E-state index in [1.165, 1.54) is 11.3 Å². The summed E-state index contributed by atoms with van der Waals surface area (Å²) in [6, 6.07) is 3.75. The largest absolute Gasteiger partial charge is 0.342 e. The van der Waals surface area contributed by atoms with Crippen molar-refractivity contribution >= 4 is 23.2 Å². The van der Waals surface area contributed by atoms with Crippen LogP contribution in [0, 0.1) is 5.92 Å². The predicted octanol–water partition coefficient (Wildman–Crippen LogP) is 2.13. The molecule has 2 aromatic heterocycles. The van der Waals surface area contributed by atoms with Gasteiger partial charge in [-0.1, -0.05) is 6.07 Å². The number of amides is 2. The number of nitrogens with zero attached hydrogens (tertiary/aromatic N) is 5. The van der Waals surface area contributed by atoms with Crippen LogP contribution in [0.4, 0.5) is 0 Å². The zero-order valence-corrected chi connectivity index (χ0v) is 16.4. The molecule has 8 heteroatoms. The van der Waals surface area contributed by atoms with Gasteiger partial charge in [0.15, 0.2) is 0 Å². The predicted molar refractivity (Wildman–Crippen MR) is 103 cm³/mol. The Balaban J connectivity index is 1.41. The van der Waals surface area contributed by atoms with Crippen molar-refractivity contribution in [3.8, 4) is 0 Å². The van der Waals surface area contributed by atoms with Crippen molar-refractivity contribution < 1.29 is 9.59 Å². The van der Waals surface area contributed by atoms with E-state index in [-0.39, 0.29) is 23.7 Å². The van der Waals surface area contributed by atoms with Gasteiger partial charge >= 0.3 is 0 Å². The molecule has 0 radical (unpaired) electrons. The van der Waals surface area contributed by atoms with E-state index in [9.17, 15) is 9.59 Å². The topological polar surface area (TPSA) is 71.3 Å². The van der Waals surface area contributed by atoms with E-state index in [2.05, 4.69) is 10.2 Å². The second kappa shape index (κ2) is 7.80. The number of aromatic nitrogens is 3. The van der Waals surface area contributed by atoms with Crippen LogP contribution in [0.5, 0.6) is 0 Å². The van der Waals surface area contributed by atoms with Crippen molar-refractivity contribution in [2.24, 2.45) is 13.0 Å². The van der Waals surface area contributed by atoms with Gasteiger partial charge in [0.2, 0.25) is 5.91 Å². The zero-order valence-electron chi connectivity index (χ0n) is 15.6. The van der Waals surface area contributed by atoms with Crippen molar-refractivity contribution in [1.29, 1.82) is 0 Å². The number of likely N-dealkylation sites (tertiary alicyclic amines) is 2. The van der Waals surface area contributed by atoms with Gasteiger partial charge in [-0.25, -0.2) is 0 Å². The lowest BCUT2D eigenvalue weighted by Crippen LogP contribution is -2.49. The number of hydrogen-bond donors (Lipinski definition) is 0. The summed E-state index contributed by atoms with van der Waals surface area (Å²) in [5.74, 6) is 1.33. The molecule has 0 saturated carbocycles. The smallest absolute Gasteiger partial charge is 0.263 e. The Bertz CT molecular complexity index is 803. The van der Waals surface area contributed by atoms with Crippen LogP contribution in [-0.4, -0.2) is 62.6 Å². The normalized spacial score (nSPS) is 23.4. The molecule has 0 aromatic carbocycles. The maximum absolute atomic E-state index is 13.2. The molecule has 0 unspecified atom stereocenters. The third kappa shape index (κ3) is 3.76. The van der Waals surface area contributed by atoms with Crippen LogP contribution in [0.3, 0.4) is 0 Å². The number of hydrogen-bond acceptors (Lipinski definition) is 5. The molecule has 4 rings (SSSR count). The number of carbonyl (C=O) groups is 2. The molecule has 2 atom stereocenters. The Morgan fingerprint density at radius 3 is 2.70 bits per heavy atom. The van der Waals surface area contributed by atoms with Crippen LogP contribution in [-0.2, 0) is 11.8 Å². The molecule has 27 heavy (non-hydrogen) atoms. The van der Waals surface area contributed by atoms with E-state index in [1.54, 1.807) is 6.33 Å². The lowest BCUT2D eigenvalue weighted by molar-refractivity contribution is -0.138. The molecular formula is C19H25N5O2S. The van der Waals surface area contributed by atoms with Crippen molar-refractivity contribution in [1.82, 2.24) is 24.6 Å². The SMILES string of the molecule is Cn1cnnc1[C@@H]1CCCN(C(=O)[C@H]2CCCN(C(=O)c3cccs3)C2)C1. The second-order valence-electron chi connectivity index (χ2n) is 7.49. The number of thiophene rings is 1. The standard InChI is InChI=1S/C19H25N5O2S/c1-22-13-20-21-17(22)14-5-2-8-23(11-14)18(25)15-6-3-9-24(12-15)19(26)16-7-4-10-27-16/h4,7,10,13-15H,2-3,5-6,8-9,11-12H2,1H3/t14-,15+/m1/s1. The minimum Gasteiger partial charge on any atom is -0.342 e. The summed E-state index contributed by atoms with van der Waals surface area (Å²) in [5.41, 5.74) is 0. The monoisotopic (exact) mass is 387 g/mol. The van der Waals surface area contributed by atoms with Gasteiger partial charge in [0.05, 0.1) is 10.8 Å². The average molecular weight is 388 g/mol. The molecule has 144 valence electrons. The maximum Gasteiger partial charge on any atom is 0.263 e. The van der Waals surface area contributed by atoms with Gasteiger partial charge in [-0.3, -0.25) is 9.59 Å². The van der Waals surface area contributed by atoms with Gasteiger partial charge in [0.1, 0.15) is 12.2 Å². The Morgan fingerprint density at radius 1 is 1.15 bits per heavy atom. The summed E-state index contributed by atoms with van der Waals surface area (Å²) in [7, 11) is 1.95. The fraction of sp³-hybridized carbons (Fsp3) is 0.579. The van der Waals surface area contributed by atoms with Crippen molar-refractivity contribution in [3.05, 3.63) is 34.5 Å². The minimum atomic E-state index is -0.0964. The van der Waals surface area contributed by atoms with Crippen molar-refractivity contribution in [3.63, 3.8) is 0 Å². The maximum atomic E-state index is 13.2. The van der Waals surface area contributed by atoms with Crippen LogP contribution in [0.1, 0.15) is 47.1 Å². The van der Waals surface area contributed by atoms with Gasteiger partial charge in [0, 0.05) is 39.1 Å². The van der Waals surface area contributed by atoms with Gasteiger partial charge in [0.25, 0.3) is 5.91 Å². The molecule has 2 aliphatic rings. The van der Waals surface area contributed by atoms with Crippen LogP contribution in [0.25, 0.3) is 0 Å². The lowest BCUT2D eigenvalue weighted by atomic mass is 9.92. The minimum absolute atomic E-state index is 0.0538. The third-order valence-corrected chi connectivity index (χ3v) is 6.49. The summed E-state index contributed by atoms with van der Waals surface area (Å²) < 4.78 is 1.95. The molecule has 0 spiro atoms. The molecule has 0 aliphatic carbocycles. The Kier molecular flexibility index (Phi) is 5.24. The van der Waals surface area contributed by atoms with Crippen LogP contribution in [0.2, 0.25) is 0 Å². The summed E-state index contributed by atoms with van der Waals surface area (Å²) in [5, 5.41) is 10.1. The van der Waals surface area contributed by atoms with Gasteiger partial charge in [-0.15, -0.1) is 21.5 Å². The fourth-order valence-corrected chi connectivity index (χ4v) is 4.92. The number of rotatable bonds is 3. The van der Waals surface area contributed by atoms with E-state index in [4.69, 9.17) is 0 Å². The lowest BCUT2D eigenvalue weighted by Gasteiger charge is -2.38. The highest BCUT2D eigenvalue weighted by molar-refractivity contribution is 7.12. The van der Waals surface area contributed by atoms with E-state index >= 15 is 0 Å². The first-order chi connectivity index (χ1) is 13.1. The van der Waals surface area contributed by atoms with Crippen molar-refractivity contribution in [2.45, 2.75) is 31.6 Å². The molecule has 2 saturated heterocycles. The van der Waals surface area contributed by atoms with Gasteiger partial charge < -0.3 is 14.4 Å². The first kappa shape index (κ1) is 18.2. The molecule has 2 amide bonds. The van der Waals surface area contributed by atoms with E-state index in [0.717, 1.165) is 49.5 Å². The van der Waals surface area contributed by atoms with E-state index < -0.39 is 0 Å². The highest BCUT2D eigenvalue weighted by atomic mass is 32.1. The summed E-state index contributed by atoms with van der Waals surface area (Å²) in [6.45, 7) is 2.76.